The van der Waals surface area contributed by atoms with Gasteiger partial charge in [-0.25, -0.2) is 19.2 Å². The summed E-state index contributed by atoms with van der Waals surface area (Å²) in [6, 6.07) is 17.8. The van der Waals surface area contributed by atoms with Gasteiger partial charge in [-0.05, 0) is 167 Å². The van der Waals surface area contributed by atoms with Crippen LogP contribution in [0.25, 0.3) is 21.5 Å². The van der Waals surface area contributed by atoms with Gasteiger partial charge in [-0.15, -0.1) is 0 Å². The summed E-state index contributed by atoms with van der Waals surface area (Å²) in [5.74, 6) is -4.52. The summed E-state index contributed by atoms with van der Waals surface area (Å²) < 4.78 is 0. The summed E-state index contributed by atoms with van der Waals surface area (Å²) in [6.07, 6.45) is 12.6. The van der Waals surface area contributed by atoms with E-state index in [9.17, 15) is 39.6 Å². The van der Waals surface area contributed by atoms with E-state index in [-0.39, 0.29) is 65.6 Å². The summed E-state index contributed by atoms with van der Waals surface area (Å²) in [7, 11) is 0. The molecule has 0 heterocycles. The van der Waals surface area contributed by atoms with E-state index >= 15 is 0 Å². The molecule has 0 radical (unpaired) electrons. The molecule has 8 fully saturated rings. The molecule has 0 spiro atoms. The third-order valence-corrected chi connectivity index (χ3v) is 16.5. The van der Waals surface area contributed by atoms with Crippen molar-refractivity contribution in [3.8, 4) is 0 Å². The SMILES string of the molecule is CC12CC3(C)CC(c4ccc(C(=O)O)c5c(C(=O)O)cccc45)(C1)CC(C14CC5(C)CC(C)(CC(c6ccc(C(=O)O)c7c(C(=O)O)cccc67)(C5)C1)C4)(C2)C3. The molecule has 56 heavy (non-hydrogen) atoms. The standard InChI is InChI=1S/C48H50O8/c1-41-15-42(2)18-45(17-41,33-13-11-31(39(53)54)35-27(33)7-5-9-29(35)37(49)50)25-47(21-41,22-42)48-23-43(3)16-44(4,24-48)20-46(19-43,26-48)34-14-12-32(40(55)56)36-28(34)8-6-10-30(36)38(51)52/h5-14H,15-26H2,1-4H3,(H,49,50)(H,51,52)(H,53,54)(H,55,56). The Kier molecular flexibility index (Phi) is 6.76. The van der Waals surface area contributed by atoms with Crippen molar-refractivity contribution in [2.75, 3.05) is 0 Å². The van der Waals surface area contributed by atoms with E-state index in [0.29, 0.717) is 10.8 Å². The second-order valence-electron chi connectivity index (χ2n) is 21.5. The quantitative estimate of drug-likeness (QED) is 0.146. The molecule has 8 nitrogen and oxygen atoms in total. The average molecular weight is 755 g/mol. The van der Waals surface area contributed by atoms with Gasteiger partial charge in [0.1, 0.15) is 0 Å². The lowest BCUT2D eigenvalue weighted by molar-refractivity contribution is -0.275. The highest BCUT2D eigenvalue weighted by Crippen LogP contribution is 2.85. The number of carboxylic acids is 4. The zero-order valence-electron chi connectivity index (χ0n) is 32.7. The minimum absolute atomic E-state index is 0.0229. The van der Waals surface area contributed by atoms with Crippen LogP contribution in [0.2, 0.25) is 0 Å². The number of rotatable bonds is 7. The van der Waals surface area contributed by atoms with Gasteiger partial charge in [0.05, 0.1) is 22.3 Å². The number of benzene rings is 4. The van der Waals surface area contributed by atoms with Crippen molar-refractivity contribution >= 4 is 45.4 Å². The number of carboxylic acid groups (broad SMARTS) is 4. The first-order chi connectivity index (χ1) is 26.2. The molecule has 4 unspecified atom stereocenters. The van der Waals surface area contributed by atoms with E-state index in [1.807, 2.05) is 24.3 Å². The Hall–Kier alpha value is -4.72. The van der Waals surface area contributed by atoms with Crippen molar-refractivity contribution in [3.63, 3.8) is 0 Å². The van der Waals surface area contributed by atoms with Crippen molar-refractivity contribution in [3.05, 3.63) is 94.0 Å². The Morgan fingerprint density at radius 2 is 0.696 bits per heavy atom. The normalized spacial score (nSPS) is 39.0. The van der Waals surface area contributed by atoms with E-state index < -0.39 is 23.9 Å². The molecule has 290 valence electrons. The maximum Gasteiger partial charge on any atom is 0.336 e. The predicted molar refractivity (Wildman–Crippen MR) is 212 cm³/mol. The largest absolute Gasteiger partial charge is 0.478 e. The predicted octanol–water partition coefficient (Wildman–Crippen LogP) is 10.7. The number of aromatic carboxylic acids is 4. The fraction of sp³-hybridized carbons (Fsp3) is 0.500. The monoisotopic (exact) mass is 754 g/mol. The summed E-state index contributed by atoms with van der Waals surface area (Å²) in [4.78, 5) is 50.4. The molecule has 4 aromatic carbocycles. The van der Waals surface area contributed by atoms with Gasteiger partial charge in [-0.1, -0.05) is 64.1 Å². The highest BCUT2D eigenvalue weighted by molar-refractivity contribution is 6.14. The minimum Gasteiger partial charge on any atom is -0.478 e. The topological polar surface area (TPSA) is 149 Å². The van der Waals surface area contributed by atoms with Gasteiger partial charge in [0.25, 0.3) is 0 Å². The molecule has 4 N–H and O–H groups in total. The van der Waals surface area contributed by atoms with Crippen LogP contribution in [0.4, 0.5) is 0 Å². The third-order valence-electron chi connectivity index (χ3n) is 16.5. The Morgan fingerprint density at radius 1 is 0.393 bits per heavy atom. The number of hydrogen-bond acceptors (Lipinski definition) is 4. The first kappa shape index (κ1) is 35.7. The van der Waals surface area contributed by atoms with Crippen LogP contribution in [0.15, 0.2) is 60.7 Å². The van der Waals surface area contributed by atoms with Crippen molar-refractivity contribution < 1.29 is 39.6 Å². The molecular weight excluding hydrogens is 705 g/mol. The molecule has 8 aliphatic carbocycles. The molecule has 4 aromatic rings. The average Bonchev–Trinajstić information content (AvgIpc) is 3.06. The molecule has 4 atom stereocenters. The molecule has 8 saturated carbocycles. The van der Waals surface area contributed by atoms with Crippen molar-refractivity contribution in [1.82, 2.24) is 0 Å². The maximum atomic E-state index is 12.6. The van der Waals surface area contributed by atoms with Crippen LogP contribution in [0.1, 0.15) is 157 Å². The molecule has 8 heteroatoms. The molecule has 0 amide bonds. The molecule has 8 bridgehead atoms. The van der Waals surface area contributed by atoms with Crippen LogP contribution in [-0.4, -0.2) is 44.3 Å². The first-order valence-electron chi connectivity index (χ1n) is 20.3. The zero-order valence-corrected chi connectivity index (χ0v) is 32.7. The van der Waals surface area contributed by atoms with E-state index in [0.717, 1.165) is 98.9 Å². The van der Waals surface area contributed by atoms with Crippen molar-refractivity contribution in [2.24, 2.45) is 32.5 Å². The first-order valence-corrected chi connectivity index (χ1v) is 20.3. The maximum absolute atomic E-state index is 12.6. The Bertz CT molecular complexity index is 2260. The third kappa shape index (κ3) is 4.59. The number of fused-ring (bicyclic) bond motifs is 2. The lowest BCUT2D eigenvalue weighted by Crippen LogP contribution is -2.71. The summed E-state index contributed by atoms with van der Waals surface area (Å²) in [5, 5.41) is 43.3. The number of carbonyl (C=O) groups is 4. The van der Waals surface area contributed by atoms with Crippen LogP contribution >= 0.6 is 0 Å². The van der Waals surface area contributed by atoms with Crippen LogP contribution in [-0.2, 0) is 10.8 Å². The molecule has 0 aliphatic heterocycles. The van der Waals surface area contributed by atoms with Gasteiger partial charge >= 0.3 is 23.9 Å². The Labute approximate surface area is 326 Å². The zero-order chi connectivity index (χ0) is 39.6. The number of hydrogen-bond donors (Lipinski definition) is 4. The highest BCUT2D eigenvalue weighted by Gasteiger charge is 2.76. The lowest BCUT2D eigenvalue weighted by atomic mass is 9.24. The van der Waals surface area contributed by atoms with E-state index in [1.54, 1.807) is 24.3 Å². The van der Waals surface area contributed by atoms with Crippen molar-refractivity contribution in [1.29, 1.82) is 0 Å². The second-order valence-corrected chi connectivity index (χ2v) is 21.5. The minimum atomic E-state index is -1.13. The molecule has 0 saturated heterocycles. The van der Waals surface area contributed by atoms with E-state index in [1.165, 1.54) is 12.1 Å². The van der Waals surface area contributed by atoms with Crippen LogP contribution in [0.3, 0.4) is 0 Å². The van der Waals surface area contributed by atoms with Crippen LogP contribution in [0.5, 0.6) is 0 Å². The molecular formula is C48H50O8. The molecule has 0 aromatic heterocycles. The lowest BCUT2D eigenvalue weighted by Gasteiger charge is -2.80. The smallest absolute Gasteiger partial charge is 0.336 e. The Morgan fingerprint density at radius 3 is 1.00 bits per heavy atom. The fourth-order valence-corrected chi connectivity index (χ4v) is 17.5. The van der Waals surface area contributed by atoms with E-state index in [4.69, 9.17) is 0 Å². The van der Waals surface area contributed by atoms with Gasteiger partial charge in [0.2, 0.25) is 0 Å². The van der Waals surface area contributed by atoms with Crippen molar-refractivity contribution in [2.45, 2.75) is 116 Å². The van der Waals surface area contributed by atoms with Crippen LogP contribution in [0, 0.1) is 32.5 Å². The Balaban J connectivity index is 1.19. The van der Waals surface area contributed by atoms with Crippen LogP contribution < -0.4 is 0 Å². The van der Waals surface area contributed by atoms with Gasteiger partial charge < -0.3 is 20.4 Å². The van der Waals surface area contributed by atoms with Gasteiger partial charge in [-0.3, -0.25) is 0 Å². The molecule has 8 aliphatic rings. The fourth-order valence-electron chi connectivity index (χ4n) is 17.5. The second kappa shape index (κ2) is 10.6. The van der Waals surface area contributed by atoms with Gasteiger partial charge in [-0.2, -0.15) is 0 Å². The van der Waals surface area contributed by atoms with Gasteiger partial charge in [0.15, 0.2) is 0 Å². The highest BCUT2D eigenvalue weighted by atomic mass is 16.4. The molecule has 12 rings (SSSR count). The van der Waals surface area contributed by atoms with E-state index in [2.05, 4.69) is 27.7 Å². The summed E-state index contributed by atoms with van der Waals surface area (Å²) in [6.45, 7) is 9.92. The van der Waals surface area contributed by atoms with Gasteiger partial charge in [0, 0.05) is 10.8 Å². The summed E-state index contributed by atoms with van der Waals surface area (Å²) in [5.41, 5.74) is 1.82. The summed E-state index contributed by atoms with van der Waals surface area (Å²) >= 11 is 0.